The number of H-pyrrole nitrogens is 1. The number of aryl methyl sites for hydroxylation is 1. The van der Waals surface area contributed by atoms with Crippen molar-refractivity contribution < 1.29 is 33.2 Å². The maximum atomic E-state index is 15.3. The van der Waals surface area contributed by atoms with Crippen LogP contribution in [0.5, 0.6) is 11.8 Å². The summed E-state index contributed by atoms with van der Waals surface area (Å²) in [6, 6.07) is 5.49. The van der Waals surface area contributed by atoms with Crippen LogP contribution in [0, 0.1) is 5.82 Å². The smallest absolute Gasteiger partial charge is 0.296 e. The number of fused-ring (bicyclic) bond motifs is 3. The zero-order chi connectivity index (χ0) is 27.2. The van der Waals surface area contributed by atoms with Crippen LogP contribution >= 0.6 is 11.6 Å². The maximum absolute atomic E-state index is 15.3. The minimum atomic E-state index is -0.650. The number of hydrogen-bond acceptors (Lipinski definition) is 8. The molecule has 1 saturated carbocycles. The molecule has 5 atom stereocenters. The Bertz CT molecular complexity index is 1380. The summed E-state index contributed by atoms with van der Waals surface area (Å²) in [4.78, 5) is 12.3. The van der Waals surface area contributed by atoms with Gasteiger partial charge in [-0.2, -0.15) is 4.98 Å². The van der Waals surface area contributed by atoms with Crippen LogP contribution in [0.2, 0.25) is 5.02 Å². The lowest BCUT2D eigenvalue weighted by Gasteiger charge is -2.15. The Balaban J connectivity index is 1.01. The average Bonchev–Trinajstić information content (AvgIpc) is 3.75. The molecule has 4 heterocycles. The summed E-state index contributed by atoms with van der Waals surface area (Å²) in [5.74, 6) is 0.256. The van der Waals surface area contributed by atoms with Crippen LogP contribution < -0.4 is 9.47 Å². The summed E-state index contributed by atoms with van der Waals surface area (Å²) in [5.41, 5.74) is 3.47. The SMILES string of the molecule is O[C@@H]1CO[C@H]2[C@@H]1OC[C@H]2Oc1nc2nc(CC3CCc4cc(OCCOC5CCCC5)cc(F)c43)c(Cl)cc2[nH]1. The minimum Gasteiger partial charge on any atom is -0.491 e. The predicted molar refractivity (Wildman–Crippen MR) is 144 cm³/mol. The van der Waals surface area contributed by atoms with Crippen molar-refractivity contribution in [2.45, 2.75) is 81.4 Å². The summed E-state index contributed by atoms with van der Waals surface area (Å²) in [6.07, 6.45) is 5.35. The number of nitrogens with zero attached hydrogens (tertiary/aromatic N) is 2. The van der Waals surface area contributed by atoms with Gasteiger partial charge < -0.3 is 33.8 Å². The fourth-order valence-corrected chi connectivity index (χ4v) is 6.78. The molecule has 9 nitrogen and oxygen atoms in total. The number of aliphatic hydroxyl groups is 1. The predicted octanol–water partition coefficient (Wildman–Crippen LogP) is 4.27. The zero-order valence-corrected chi connectivity index (χ0v) is 22.9. The molecule has 4 aliphatic rings. The van der Waals surface area contributed by atoms with Crippen molar-refractivity contribution in [1.82, 2.24) is 15.0 Å². The quantitative estimate of drug-likeness (QED) is 0.366. The van der Waals surface area contributed by atoms with Crippen LogP contribution in [0.3, 0.4) is 0 Å². The van der Waals surface area contributed by atoms with Crippen molar-refractivity contribution in [3.63, 3.8) is 0 Å². The van der Waals surface area contributed by atoms with Gasteiger partial charge >= 0.3 is 0 Å². The lowest BCUT2D eigenvalue weighted by atomic mass is 9.95. The van der Waals surface area contributed by atoms with Crippen LogP contribution in [-0.4, -0.2) is 77.0 Å². The minimum absolute atomic E-state index is 0.0367. The molecule has 0 spiro atoms. The Kier molecular flexibility index (Phi) is 7.30. The molecule has 2 aromatic heterocycles. The van der Waals surface area contributed by atoms with E-state index in [1.165, 1.54) is 18.9 Å². The summed E-state index contributed by atoms with van der Waals surface area (Å²) >= 11 is 6.62. The molecule has 0 radical (unpaired) electrons. The largest absolute Gasteiger partial charge is 0.491 e. The first-order valence-electron chi connectivity index (χ1n) is 14.2. The molecule has 214 valence electrons. The third-order valence-corrected chi connectivity index (χ3v) is 8.86. The number of aliphatic hydroxyl groups excluding tert-OH is 1. The topological polar surface area (TPSA) is 108 Å². The van der Waals surface area contributed by atoms with E-state index in [-0.39, 0.29) is 42.7 Å². The molecule has 2 saturated heterocycles. The molecule has 3 aromatic rings. The van der Waals surface area contributed by atoms with Crippen LogP contribution in [0.15, 0.2) is 18.2 Å². The summed E-state index contributed by atoms with van der Waals surface area (Å²) in [6.45, 7) is 1.46. The number of hydrogen-bond donors (Lipinski definition) is 2. The lowest BCUT2D eigenvalue weighted by molar-refractivity contribution is 0.00706. The van der Waals surface area contributed by atoms with E-state index in [2.05, 4.69) is 9.97 Å². The van der Waals surface area contributed by atoms with Crippen molar-refractivity contribution >= 4 is 22.8 Å². The van der Waals surface area contributed by atoms with Gasteiger partial charge in [0, 0.05) is 6.07 Å². The first-order valence-corrected chi connectivity index (χ1v) is 14.6. The van der Waals surface area contributed by atoms with E-state index in [4.69, 9.17) is 40.3 Å². The van der Waals surface area contributed by atoms with Gasteiger partial charge in [-0.05, 0) is 61.3 Å². The van der Waals surface area contributed by atoms with E-state index in [9.17, 15) is 5.11 Å². The molecule has 3 fully saturated rings. The molecule has 0 amide bonds. The highest BCUT2D eigenvalue weighted by molar-refractivity contribution is 6.31. The Hall–Kier alpha value is -2.50. The second-order valence-corrected chi connectivity index (χ2v) is 11.6. The molecule has 7 rings (SSSR count). The number of pyridine rings is 1. The van der Waals surface area contributed by atoms with Crippen LogP contribution in [-0.2, 0) is 27.1 Å². The van der Waals surface area contributed by atoms with Gasteiger partial charge in [-0.25, -0.2) is 9.37 Å². The normalized spacial score (nSPS) is 27.9. The Morgan fingerprint density at radius 1 is 1.05 bits per heavy atom. The molecule has 1 aromatic carbocycles. The van der Waals surface area contributed by atoms with Gasteiger partial charge in [0.05, 0.1) is 42.2 Å². The number of ether oxygens (including phenoxy) is 5. The first kappa shape index (κ1) is 26.4. The summed E-state index contributed by atoms with van der Waals surface area (Å²) < 4.78 is 44.2. The second-order valence-electron chi connectivity index (χ2n) is 11.2. The van der Waals surface area contributed by atoms with E-state index in [0.717, 1.165) is 31.2 Å². The first-order chi connectivity index (χ1) is 19.5. The third-order valence-electron chi connectivity index (χ3n) is 8.53. The summed E-state index contributed by atoms with van der Waals surface area (Å²) in [7, 11) is 0. The highest BCUT2D eigenvalue weighted by atomic mass is 35.5. The van der Waals surface area contributed by atoms with E-state index >= 15 is 4.39 Å². The molecule has 2 aliphatic heterocycles. The molecular formula is C29H33ClFN3O6. The lowest BCUT2D eigenvalue weighted by Crippen LogP contribution is -2.34. The fraction of sp³-hybridized carbons (Fsp3) is 0.586. The highest BCUT2D eigenvalue weighted by Crippen LogP contribution is 2.40. The van der Waals surface area contributed by atoms with E-state index in [1.54, 1.807) is 6.07 Å². The van der Waals surface area contributed by atoms with Gasteiger partial charge in [-0.3, -0.25) is 0 Å². The molecule has 2 aliphatic carbocycles. The van der Waals surface area contributed by atoms with Crippen molar-refractivity contribution in [2.24, 2.45) is 0 Å². The van der Waals surface area contributed by atoms with Crippen LogP contribution in [0.1, 0.15) is 54.8 Å². The number of nitrogens with one attached hydrogen (secondary N) is 1. The van der Waals surface area contributed by atoms with Gasteiger partial charge in [0.15, 0.2) is 11.8 Å². The number of aromatic amines is 1. The number of rotatable bonds is 9. The van der Waals surface area contributed by atoms with Gasteiger partial charge in [0.2, 0.25) is 0 Å². The van der Waals surface area contributed by atoms with Crippen molar-refractivity contribution in [2.75, 3.05) is 26.4 Å². The highest BCUT2D eigenvalue weighted by Gasteiger charge is 2.48. The van der Waals surface area contributed by atoms with Crippen LogP contribution in [0.25, 0.3) is 11.2 Å². The molecular weight excluding hydrogens is 541 g/mol. The number of imidazole rings is 1. The molecule has 0 bridgehead atoms. The van der Waals surface area contributed by atoms with Crippen molar-refractivity contribution in [1.29, 1.82) is 0 Å². The van der Waals surface area contributed by atoms with Gasteiger partial charge in [-0.1, -0.05) is 24.4 Å². The van der Waals surface area contributed by atoms with Crippen molar-refractivity contribution in [3.05, 3.63) is 45.9 Å². The van der Waals surface area contributed by atoms with Crippen molar-refractivity contribution in [3.8, 4) is 11.8 Å². The Morgan fingerprint density at radius 2 is 1.90 bits per heavy atom. The van der Waals surface area contributed by atoms with E-state index in [1.807, 2.05) is 6.07 Å². The van der Waals surface area contributed by atoms with Gasteiger partial charge in [0.1, 0.15) is 36.5 Å². The second kappa shape index (κ2) is 11.1. The van der Waals surface area contributed by atoms with Gasteiger partial charge in [-0.15, -0.1) is 0 Å². The standard InChI is InChI=1S/C29H33ClFN3O6/c30-19-12-22-28(34-29(33-22)40-24-14-39-26-23(35)13-38-27(24)26)32-21(19)10-16-6-5-15-9-18(11-20(31)25(15)16)37-8-7-36-17-3-1-2-4-17/h9,11-12,16-17,23-24,26-27,35H,1-8,10,13-14H2,(H,32,33,34)/t16?,23-,24-,26-,27-/m1/s1. The number of halogens is 2. The van der Waals surface area contributed by atoms with Crippen LogP contribution in [0.4, 0.5) is 4.39 Å². The molecule has 11 heteroatoms. The van der Waals surface area contributed by atoms with E-state index in [0.29, 0.717) is 65.5 Å². The Labute approximate surface area is 236 Å². The monoisotopic (exact) mass is 573 g/mol. The average molecular weight is 574 g/mol. The molecule has 40 heavy (non-hydrogen) atoms. The summed E-state index contributed by atoms with van der Waals surface area (Å²) in [5, 5.41) is 10.4. The third kappa shape index (κ3) is 5.16. The Morgan fingerprint density at radius 3 is 2.77 bits per heavy atom. The number of benzene rings is 1. The fourth-order valence-electron chi connectivity index (χ4n) is 6.56. The number of aromatic nitrogens is 3. The van der Waals surface area contributed by atoms with E-state index < -0.39 is 6.10 Å². The molecule has 1 unspecified atom stereocenters. The zero-order valence-electron chi connectivity index (χ0n) is 22.1. The maximum Gasteiger partial charge on any atom is 0.296 e. The molecule has 2 N–H and O–H groups in total. The van der Waals surface area contributed by atoms with Gasteiger partial charge in [0.25, 0.3) is 6.01 Å².